The number of rotatable bonds is 18. The molecule has 1 saturated heterocycles. The second-order valence-electron chi connectivity index (χ2n) is 12.2. The molecule has 7 nitrogen and oxygen atoms in total. The summed E-state index contributed by atoms with van der Waals surface area (Å²) in [6, 6.07) is 0.271. The average Bonchev–Trinajstić information content (AvgIpc) is 3.09. The van der Waals surface area contributed by atoms with Crippen LogP contribution in [0.4, 0.5) is 18.0 Å². The highest BCUT2D eigenvalue weighted by Gasteiger charge is 2.56. The monoisotopic (exact) mass is 585 g/mol. The van der Waals surface area contributed by atoms with Crippen molar-refractivity contribution < 1.29 is 32.3 Å². The predicted molar refractivity (Wildman–Crippen MR) is 151 cm³/mol. The zero-order valence-corrected chi connectivity index (χ0v) is 25.3. The lowest BCUT2D eigenvalue weighted by Crippen LogP contribution is -2.48. The van der Waals surface area contributed by atoms with E-state index in [1.165, 1.54) is 56.3 Å². The Labute approximate surface area is 244 Å². The SMILES string of the molecule is CCCCCCCCCCCCCC(=O)OCCCCN1C(=O)N(C2CCC(C#N)C(C(F)(F)F)C2)C(=O)C1(C)C. The number of alkyl halides is 3. The molecule has 0 bridgehead atoms. The van der Waals surface area contributed by atoms with Gasteiger partial charge >= 0.3 is 18.2 Å². The van der Waals surface area contributed by atoms with Crippen molar-refractivity contribution in [2.24, 2.45) is 11.8 Å². The van der Waals surface area contributed by atoms with E-state index in [9.17, 15) is 27.6 Å². The molecule has 1 saturated carbocycles. The van der Waals surface area contributed by atoms with Gasteiger partial charge in [0, 0.05) is 19.0 Å². The first-order chi connectivity index (χ1) is 19.4. The Balaban J connectivity index is 1.66. The molecule has 0 aromatic carbocycles. The molecule has 2 rings (SSSR count). The molecule has 3 unspecified atom stereocenters. The molecule has 1 aliphatic heterocycles. The van der Waals surface area contributed by atoms with Crippen LogP contribution in [0.1, 0.15) is 130 Å². The molecular weight excluding hydrogens is 535 g/mol. The lowest BCUT2D eigenvalue weighted by atomic mass is 9.76. The highest BCUT2D eigenvalue weighted by atomic mass is 19.4. The van der Waals surface area contributed by atoms with Crippen molar-refractivity contribution in [1.29, 1.82) is 5.26 Å². The summed E-state index contributed by atoms with van der Waals surface area (Å²) in [6.45, 7) is 5.89. The number of nitriles is 1. The van der Waals surface area contributed by atoms with Crippen LogP contribution < -0.4 is 0 Å². The number of nitrogens with zero attached hydrogens (tertiary/aromatic N) is 3. The number of ether oxygens (including phenoxy) is 1. The number of amides is 3. The molecule has 0 spiro atoms. The number of imide groups is 1. The minimum absolute atomic E-state index is 0.00655. The Morgan fingerprint density at radius 1 is 0.951 bits per heavy atom. The summed E-state index contributed by atoms with van der Waals surface area (Å²) in [5, 5.41) is 9.16. The van der Waals surface area contributed by atoms with E-state index in [0.29, 0.717) is 19.3 Å². The summed E-state index contributed by atoms with van der Waals surface area (Å²) in [4.78, 5) is 40.8. The highest BCUT2D eigenvalue weighted by molar-refractivity contribution is 6.06. The molecule has 0 N–H and O–H groups in total. The molecule has 10 heteroatoms. The standard InChI is InChI=1S/C31H50F3N3O4/c1-4-5-6-7-8-9-10-11-12-13-14-17-27(38)41-21-16-15-20-36-29(40)37(28(39)30(36,2)3)25-19-18-24(23-35)26(22-25)31(32,33)34/h24-26H,4-22H2,1-3H3. The van der Waals surface area contributed by atoms with Gasteiger partial charge in [-0.3, -0.25) is 14.5 Å². The molecule has 0 aromatic rings. The summed E-state index contributed by atoms with van der Waals surface area (Å²) in [6.07, 6.45) is 9.88. The summed E-state index contributed by atoms with van der Waals surface area (Å²) in [5.74, 6) is -3.76. The summed E-state index contributed by atoms with van der Waals surface area (Å²) in [7, 11) is 0. The number of carbonyl (C=O) groups is 3. The Morgan fingerprint density at radius 2 is 1.54 bits per heavy atom. The number of urea groups is 1. The lowest BCUT2D eigenvalue weighted by Gasteiger charge is -2.37. The van der Waals surface area contributed by atoms with Gasteiger partial charge in [0.2, 0.25) is 0 Å². The van der Waals surface area contributed by atoms with Gasteiger partial charge in [0.1, 0.15) is 5.54 Å². The van der Waals surface area contributed by atoms with Gasteiger partial charge in [-0.25, -0.2) is 4.79 Å². The molecule has 1 heterocycles. The average molecular weight is 586 g/mol. The van der Waals surface area contributed by atoms with Crippen LogP contribution in [-0.4, -0.2) is 58.6 Å². The quantitative estimate of drug-likeness (QED) is 0.0926. The normalized spacial score (nSPS) is 22.7. The van der Waals surface area contributed by atoms with Crippen LogP contribution in [-0.2, 0) is 14.3 Å². The van der Waals surface area contributed by atoms with Crippen LogP contribution in [0.3, 0.4) is 0 Å². The van der Waals surface area contributed by atoms with Gasteiger partial charge in [0.15, 0.2) is 0 Å². The molecule has 41 heavy (non-hydrogen) atoms. The van der Waals surface area contributed by atoms with Crippen molar-refractivity contribution >= 4 is 17.9 Å². The molecule has 0 aromatic heterocycles. The molecule has 2 fully saturated rings. The van der Waals surface area contributed by atoms with Crippen molar-refractivity contribution in [3.63, 3.8) is 0 Å². The summed E-state index contributed by atoms with van der Waals surface area (Å²) >= 11 is 0. The maximum atomic E-state index is 13.6. The van der Waals surface area contributed by atoms with Crippen molar-refractivity contribution in [2.75, 3.05) is 13.2 Å². The molecular formula is C31H50F3N3O4. The minimum Gasteiger partial charge on any atom is -0.466 e. The van der Waals surface area contributed by atoms with E-state index >= 15 is 0 Å². The Bertz CT molecular complexity index is 887. The van der Waals surface area contributed by atoms with Crippen LogP contribution in [0.5, 0.6) is 0 Å². The van der Waals surface area contributed by atoms with E-state index < -0.39 is 48.0 Å². The Kier molecular flexibility index (Phi) is 14.4. The van der Waals surface area contributed by atoms with Crippen LogP contribution in [0.15, 0.2) is 0 Å². The molecule has 234 valence electrons. The van der Waals surface area contributed by atoms with Crippen molar-refractivity contribution in [3.8, 4) is 6.07 Å². The van der Waals surface area contributed by atoms with Gasteiger partial charge in [-0.2, -0.15) is 18.4 Å². The zero-order valence-electron chi connectivity index (χ0n) is 25.3. The van der Waals surface area contributed by atoms with Crippen molar-refractivity contribution in [3.05, 3.63) is 0 Å². The largest absolute Gasteiger partial charge is 0.466 e. The minimum atomic E-state index is -4.56. The number of esters is 1. The zero-order chi connectivity index (χ0) is 30.5. The fourth-order valence-electron chi connectivity index (χ4n) is 6.03. The third kappa shape index (κ3) is 10.5. The molecule has 0 radical (unpaired) electrons. The fourth-order valence-corrected chi connectivity index (χ4v) is 6.03. The number of carbonyl (C=O) groups excluding carboxylic acids is 3. The van der Waals surface area contributed by atoms with E-state index in [4.69, 9.17) is 10.00 Å². The lowest BCUT2D eigenvalue weighted by molar-refractivity contribution is -0.195. The summed E-state index contributed by atoms with van der Waals surface area (Å²) in [5.41, 5.74) is -1.18. The van der Waals surface area contributed by atoms with E-state index in [2.05, 4.69) is 6.92 Å². The van der Waals surface area contributed by atoms with Gasteiger partial charge in [-0.15, -0.1) is 0 Å². The van der Waals surface area contributed by atoms with Crippen molar-refractivity contribution in [2.45, 2.75) is 148 Å². The second-order valence-corrected chi connectivity index (χ2v) is 12.2. The van der Waals surface area contributed by atoms with Gasteiger partial charge in [0.05, 0.1) is 24.5 Å². The Hall–Kier alpha value is -2.31. The van der Waals surface area contributed by atoms with Gasteiger partial charge in [-0.05, 0) is 52.4 Å². The van der Waals surface area contributed by atoms with Crippen molar-refractivity contribution in [1.82, 2.24) is 9.80 Å². The van der Waals surface area contributed by atoms with Crippen LogP contribution in [0.2, 0.25) is 0 Å². The second kappa shape index (κ2) is 17.0. The maximum absolute atomic E-state index is 13.6. The van der Waals surface area contributed by atoms with Gasteiger partial charge in [0.25, 0.3) is 5.91 Å². The molecule has 2 aliphatic rings. The topological polar surface area (TPSA) is 90.7 Å². The third-order valence-electron chi connectivity index (χ3n) is 8.65. The number of hydrogen-bond donors (Lipinski definition) is 0. The van der Waals surface area contributed by atoms with E-state index in [0.717, 1.165) is 24.2 Å². The van der Waals surface area contributed by atoms with Crippen LogP contribution in [0.25, 0.3) is 0 Å². The smallest absolute Gasteiger partial charge is 0.393 e. The van der Waals surface area contributed by atoms with Gasteiger partial charge < -0.3 is 9.64 Å². The van der Waals surface area contributed by atoms with Gasteiger partial charge in [-0.1, -0.05) is 71.1 Å². The number of hydrogen-bond acceptors (Lipinski definition) is 5. The maximum Gasteiger partial charge on any atom is 0.393 e. The predicted octanol–water partition coefficient (Wildman–Crippen LogP) is 7.92. The first kappa shape index (κ1) is 34.9. The Morgan fingerprint density at radius 3 is 2.10 bits per heavy atom. The molecule has 1 aliphatic carbocycles. The van der Waals surface area contributed by atoms with Crippen LogP contribution in [0, 0.1) is 23.2 Å². The van der Waals surface area contributed by atoms with E-state index in [-0.39, 0.29) is 32.0 Å². The molecule has 3 amide bonds. The number of unbranched alkanes of at least 4 members (excludes halogenated alkanes) is 11. The van der Waals surface area contributed by atoms with E-state index in [1.807, 2.05) is 0 Å². The van der Waals surface area contributed by atoms with Crippen LogP contribution >= 0.6 is 0 Å². The summed E-state index contributed by atoms with van der Waals surface area (Å²) < 4.78 is 46.0. The highest BCUT2D eigenvalue weighted by Crippen LogP contribution is 2.44. The first-order valence-electron chi connectivity index (χ1n) is 15.7. The molecule has 3 atom stereocenters. The third-order valence-corrected chi connectivity index (χ3v) is 8.65. The first-order valence-corrected chi connectivity index (χ1v) is 15.7. The van der Waals surface area contributed by atoms with E-state index in [1.54, 1.807) is 19.9 Å². The fraction of sp³-hybridized carbons (Fsp3) is 0.871. The number of halogens is 3.